The highest BCUT2D eigenvalue weighted by atomic mass is 16.5. The summed E-state index contributed by atoms with van der Waals surface area (Å²) in [4.78, 5) is 0. The molecule has 0 aromatic heterocycles. The van der Waals surface area contributed by atoms with Crippen LogP contribution >= 0.6 is 0 Å². The molecule has 100 valence electrons. The molecule has 0 bridgehead atoms. The molecule has 1 saturated carbocycles. The Morgan fingerprint density at radius 1 is 1.29 bits per heavy atom. The molecule has 2 aliphatic rings. The maximum absolute atomic E-state index is 6.11. The third kappa shape index (κ3) is 3.94. The predicted octanol–water partition coefficient (Wildman–Crippen LogP) is 2.35. The van der Waals surface area contributed by atoms with Gasteiger partial charge in [-0.3, -0.25) is 0 Å². The van der Waals surface area contributed by atoms with Crippen LogP contribution in [0.4, 0.5) is 0 Å². The molecule has 1 aliphatic heterocycles. The average Bonchev–Trinajstić information content (AvgIpc) is 2.36. The molecular weight excluding hydrogens is 214 g/mol. The minimum absolute atomic E-state index is 0.254. The maximum Gasteiger partial charge on any atom is 0.0685 e. The van der Waals surface area contributed by atoms with E-state index < -0.39 is 0 Å². The van der Waals surface area contributed by atoms with E-state index in [-0.39, 0.29) is 5.60 Å². The molecule has 0 amide bonds. The topological polar surface area (TPSA) is 30.5 Å². The predicted molar refractivity (Wildman–Crippen MR) is 69.2 cm³/mol. The van der Waals surface area contributed by atoms with Gasteiger partial charge in [-0.1, -0.05) is 19.3 Å². The molecular formula is C14H27NO2. The van der Waals surface area contributed by atoms with Gasteiger partial charge in [-0.2, -0.15) is 0 Å². The lowest BCUT2D eigenvalue weighted by molar-refractivity contribution is -0.116. The van der Waals surface area contributed by atoms with Crippen LogP contribution in [0.5, 0.6) is 0 Å². The molecule has 1 aliphatic carbocycles. The second-order valence-corrected chi connectivity index (χ2v) is 5.65. The number of hydrogen-bond acceptors (Lipinski definition) is 3. The van der Waals surface area contributed by atoms with E-state index in [0.717, 1.165) is 32.2 Å². The van der Waals surface area contributed by atoms with Crippen LogP contribution in [-0.4, -0.2) is 39.0 Å². The Morgan fingerprint density at radius 3 is 2.88 bits per heavy atom. The summed E-state index contributed by atoms with van der Waals surface area (Å²) in [7, 11) is 1.76. The summed E-state index contributed by atoms with van der Waals surface area (Å²) >= 11 is 0. The van der Waals surface area contributed by atoms with Crippen LogP contribution in [0.2, 0.25) is 0 Å². The molecule has 0 aromatic carbocycles. The molecule has 1 heterocycles. The third-order valence-electron chi connectivity index (χ3n) is 4.28. The van der Waals surface area contributed by atoms with Crippen molar-refractivity contribution in [2.75, 3.05) is 33.4 Å². The molecule has 3 nitrogen and oxygen atoms in total. The molecule has 2 fully saturated rings. The van der Waals surface area contributed by atoms with Crippen molar-refractivity contribution in [3.05, 3.63) is 0 Å². The van der Waals surface area contributed by atoms with Crippen molar-refractivity contribution in [3.8, 4) is 0 Å². The van der Waals surface area contributed by atoms with Gasteiger partial charge in [-0.05, 0) is 38.1 Å². The molecule has 0 aromatic rings. The van der Waals surface area contributed by atoms with E-state index in [1.54, 1.807) is 7.11 Å². The third-order valence-corrected chi connectivity index (χ3v) is 4.28. The zero-order valence-electron chi connectivity index (χ0n) is 11.2. The first-order chi connectivity index (χ1) is 8.35. The van der Waals surface area contributed by atoms with Crippen LogP contribution in [0.1, 0.15) is 44.9 Å². The molecule has 1 unspecified atom stereocenters. The van der Waals surface area contributed by atoms with E-state index in [1.807, 2.05) is 0 Å². The lowest BCUT2D eigenvalue weighted by Gasteiger charge is -2.43. The second kappa shape index (κ2) is 6.72. The minimum atomic E-state index is 0.254. The Kier molecular flexibility index (Phi) is 5.26. The standard InChI is InChI=1S/C14H27NO2/c1-16-10-8-15-12-13-5-9-17-14(11-13)6-3-2-4-7-14/h13,15H,2-12H2,1H3. The number of hydrogen-bond donors (Lipinski definition) is 1. The Hall–Kier alpha value is -0.120. The van der Waals surface area contributed by atoms with Gasteiger partial charge >= 0.3 is 0 Å². The monoisotopic (exact) mass is 241 g/mol. The summed E-state index contributed by atoms with van der Waals surface area (Å²) in [5, 5.41) is 3.50. The lowest BCUT2D eigenvalue weighted by atomic mass is 9.76. The quantitative estimate of drug-likeness (QED) is 0.750. The molecule has 0 radical (unpaired) electrons. The van der Waals surface area contributed by atoms with Crippen molar-refractivity contribution in [2.24, 2.45) is 5.92 Å². The van der Waals surface area contributed by atoms with Gasteiger partial charge in [0, 0.05) is 20.3 Å². The van der Waals surface area contributed by atoms with Crippen LogP contribution in [0, 0.1) is 5.92 Å². The van der Waals surface area contributed by atoms with Gasteiger partial charge in [0.05, 0.1) is 12.2 Å². The van der Waals surface area contributed by atoms with E-state index in [4.69, 9.17) is 9.47 Å². The Morgan fingerprint density at radius 2 is 2.12 bits per heavy atom. The van der Waals surface area contributed by atoms with Crippen molar-refractivity contribution in [1.82, 2.24) is 5.32 Å². The lowest BCUT2D eigenvalue weighted by Crippen LogP contribution is -2.44. The molecule has 1 spiro atoms. The fourth-order valence-corrected chi connectivity index (χ4v) is 3.33. The highest BCUT2D eigenvalue weighted by Crippen LogP contribution is 2.40. The van der Waals surface area contributed by atoms with Crippen molar-refractivity contribution in [2.45, 2.75) is 50.5 Å². The first kappa shape index (κ1) is 13.3. The summed E-state index contributed by atoms with van der Waals surface area (Å²) < 4.78 is 11.2. The number of rotatable bonds is 5. The van der Waals surface area contributed by atoms with Gasteiger partial charge in [0.15, 0.2) is 0 Å². The average molecular weight is 241 g/mol. The summed E-state index contributed by atoms with van der Waals surface area (Å²) in [6.07, 6.45) is 9.22. The molecule has 3 heteroatoms. The molecule has 17 heavy (non-hydrogen) atoms. The normalized spacial score (nSPS) is 28.4. The van der Waals surface area contributed by atoms with Crippen LogP contribution < -0.4 is 5.32 Å². The van der Waals surface area contributed by atoms with E-state index >= 15 is 0 Å². The van der Waals surface area contributed by atoms with Crippen LogP contribution in [-0.2, 0) is 9.47 Å². The second-order valence-electron chi connectivity index (χ2n) is 5.65. The van der Waals surface area contributed by atoms with Gasteiger partial charge in [0.25, 0.3) is 0 Å². The van der Waals surface area contributed by atoms with E-state index in [1.165, 1.54) is 44.9 Å². The molecule has 1 N–H and O–H groups in total. The van der Waals surface area contributed by atoms with Crippen LogP contribution in [0.25, 0.3) is 0 Å². The summed E-state index contributed by atoms with van der Waals surface area (Å²) in [5.41, 5.74) is 0.254. The number of nitrogens with one attached hydrogen (secondary N) is 1. The Balaban J connectivity index is 1.72. The Bertz CT molecular complexity index is 209. The fraction of sp³-hybridized carbons (Fsp3) is 1.00. The van der Waals surface area contributed by atoms with Gasteiger partial charge in [0.1, 0.15) is 0 Å². The van der Waals surface area contributed by atoms with Gasteiger partial charge < -0.3 is 14.8 Å². The highest BCUT2D eigenvalue weighted by molar-refractivity contribution is 4.90. The number of methoxy groups -OCH3 is 1. The van der Waals surface area contributed by atoms with Crippen LogP contribution in [0.15, 0.2) is 0 Å². The minimum Gasteiger partial charge on any atom is -0.383 e. The summed E-state index contributed by atoms with van der Waals surface area (Å²) in [6, 6.07) is 0. The van der Waals surface area contributed by atoms with E-state index in [9.17, 15) is 0 Å². The smallest absolute Gasteiger partial charge is 0.0685 e. The zero-order chi connectivity index (χ0) is 12.0. The summed E-state index contributed by atoms with van der Waals surface area (Å²) in [5.74, 6) is 0.804. The maximum atomic E-state index is 6.11. The first-order valence-electron chi connectivity index (χ1n) is 7.18. The summed E-state index contributed by atoms with van der Waals surface area (Å²) in [6.45, 7) is 3.89. The number of ether oxygens (including phenoxy) is 2. The molecule has 1 saturated heterocycles. The highest BCUT2D eigenvalue weighted by Gasteiger charge is 2.38. The fourth-order valence-electron chi connectivity index (χ4n) is 3.33. The van der Waals surface area contributed by atoms with Crippen LogP contribution in [0.3, 0.4) is 0 Å². The molecule has 1 atom stereocenters. The van der Waals surface area contributed by atoms with Gasteiger partial charge in [-0.15, -0.1) is 0 Å². The van der Waals surface area contributed by atoms with Crippen molar-refractivity contribution in [1.29, 1.82) is 0 Å². The largest absolute Gasteiger partial charge is 0.383 e. The molecule has 2 rings (SSSR count). The van der Waals surface area contributed by atoms with E-state index in [2.05, 4.69) is 5.32 Å². The zero-order valence-corrected chi connectivity index (χ0v) is 11.2. The Labute approximate surface area is 105 Å². The van der Waals surface area contributed by atoms with Crippen molar-refractivity contribution >= 4 is 0 Å². The van der Waals surface area contributed by atoms with Gasteiger partial charge in [-0.25, -0.2) is 0 Å². The van der Waals surface area contributed by atoms with Crippen molar-refractivity contribution < 1.29 is 9.47 Å². The van der Waals surface area contributed by atoms with Gasteiger partial charge in [0.2, 0.25) is 0 Å². The van der Waals surface area contributed by atoms with Crippen molar-refractivity contribution in [3.63, 3.8) is 0 Å². The SMILES string of the molecule is COCCNCC1CCOC2(CCCCC2)C1. The first-order valence-corrected chi connectivity index (χ1v) is 7.18. The van der Waals surface area contributed by atoms with E-state index in [0.29, 0.717) is 0 Å².